The number of aromatic nitrogens is 3. The lowest BCUT2D eigenvalue weighted by molar-refractivity contribution is 0.101. The molecular formula is C26H21N3O3. The van der Waals surface area contributed by atoms with Gasteiger partial charge >= 0.3 is 0 Å². The first-order chi connectivity index (χ1) is 15.6. The number of carbonyl (C=O) groups excluding carboxylic acids is 1. The Bertz CT molecular complexity index is 1290. The molecule has 0 saturated carbocycles. The third-order valence-electron chi connectivity index (χ3n) is 4.97. The van der Waals surface area contributed by atoms with E-state index in [2.05, 4.69) is 22.2 Å². The highest BCUT2D eigenvalue weighted by atomic mass is 16.5. The molecule has 0 fully saturated rings. The van der Waals surface area contributed by atoms with Gasteiger partial charge in [-0.1, -0.05) is 11.1 Å². The maximum absolute atomic E-state index is 11.6. The first kappa shape index (κ1) is 20.9. The normalized spacial score (nSPS) is 10.2. The number of carbonyl (C=O) groups is 1. The van der Waals surface area contributed by atoms with Crippen LogP contribution in [0.15, 0.2) is 72.8 Å². The summed E-state index contributed by atoms with van der Waals surface area (Å²) in [7, 11) is 3.26. The SMILES string of the molecule is COc1ccc(C#Cc2c(-c3ccc(OC)cc3)nnn2-c2ccc(C(C)=O)cc2)cc1. The van der Waals surface area contributed by atoms with Crippen LogP contribution in [0.1, 0.15) is 28.5 Å². The van der Waals surface area contributed by atoms with Crippen molar-refractivity contribution < 1.29 is 14.3 Å². The van der Waals surface area contributed by atoms with Crippen LogP contribution >= 0.6 is 0 Å². The first-order valence-corrected chi connectivity index (χ1v) is 9.96. The lowest BCUT2D eigenvalue weighted by Crippen LogP contribution is -2.01. The van der Waals surface area contributed by atoms with Crippen LogP contribution in [0.2, 0.25) is 0 Å². The number of ketones is 1. The quantitative estimate of drug-likeness (QED) is 0.348. The Morgan fingerprint density at radius 1 is 0.812 bits per heavy atom. The summed E-state index contributed by atoms with van der Waals surface area (Å²) in [5.74, 6) is 7.95. The molecule has 3 aromatic carbocycles. The molecule has 0 atom stereocenters. The molecule has 0 saturated heterocycles. The minimum atomic E-state index is 0.00795. The summed E-state index contributed by atoms with van der Waals surface area (Å²) < 4.78 is 12.2. The summed E-state index contributed by atoms with van der Waals surface area (Å²) in [6.07, 6.45) is 0. The molecule has 0 unspecified atom stereocenters. The van der Waals surface area contributed by atoms with Crippen LogP contribution < -0.4 is 9.47 Å². The van der Waals surface area contributed by atoms with E-state index in [1.54, 1.807) is 31.0 Å². The number of methoxy groups -OCH3 is 2. The summed E-state index contributed by atoms with van der Waals surface area (Å²) >= 11 is 0. The largest absolute Gasteiger partial charge is 0.497 e. The van der Waals surface area contributed by atoms with E-state index in [1.165, 1.54) is 6.92 Å². The van der Waals surface area contributed by atoms with Crippen LogP contribution in [-0.4, -0.2) is 35.0 Å². The molecule has 0 N–H and O–H groups in total. The summed E-state index contributed by atoms with van der Waals surface area (Å²) in [5.41, 5.74) is 4.41. The molecule has 0 aliphatic rings. The van der Waals surface area contributed by atoms with Gasteiger partial charge in [-0.25, -0.2) is 4.68 Å². The van der Waals surface area contributed by atoms with Gasteiger partial charge < -0.3 is 9.47 Å². The Balaban J connectivity index is 1.80. The van der Waals surface area contributed by atoms with Gasteiger partial charge in [-0.15, -0.1) is 5.10 Å². The monoisotopic (exact) mass is 423 g/mol. The Morgan fingerprint density at radius 2 is 1.41 bits per heavy atom. The zero-order valence-electron chi connectivity index (χ0n) is 18.0. The molecule has 1 heterocycles. The molecular weight excluding hydrogens is 402 g/mol. The molecule has 6 heteroatoms. The Morgan fingerprint density at radius 3 is 1.97 bits per heavy atom. The fourth-order valence-electron chi connectivity index (χ4n) is 3.16. The van der Waals surface area contributed by atoms with E-state index < -0.39 is 0 Å². The van der Waals surface area contributed by atoms with Gasteiger partial charge in [0.1, 0.15) is 22.9 Å². The summed E-state index contributed by atoms with van der Waals surface area (Å²) in [6, 6.07) is 22.3. The van der Waals surface area contributed by atoms with Gasteiger partial charge in [-0.05, 0) is 85.6 Å². The van der Waals surface area contributed by atoms with Gasteiger partial charge in [0.25, 0.3) is 0 Å². The Kier molecular flexibility index (Phi) is 6.00. The van der Waals surface area contributed by atoms with Crippen molar-refractivity contribution in [3.63, 3.8) is 0 Å². The van der Waals surface area contributed by atoms with Crippen LogP contribution in [0.5, 0.6) is 11.5 Å². The average Bonchev–Trinajstić information content (AvgIpc) is 3.27. The lowest BCUT2D eigenvalue weighted by Gasteiger charge is -2.05. The van der Waals surface area contributed by atoms with Crippen molar-refractivity contribution in [2.75, 3.05) is 14.2 Å². The zero-order chi connectivity index (χ0) is 22.5. The van der Waals surface area contributed by atoms with E-state index in [9.17, 15) is 4.79 Å². The smallest absolute Gasteiger partial charge is 0.159 e. The summed E-state index contributed by atoms with van der Waals surface area (Å²) in [6.45, 7) is 1.54. The highest BCUT2D eigenvalue weighted by Gasteiger charge is 2.15. The van der Waals surface area contributed by atoms with Crippen molar-refractivity contribution in [2.45, 2.75) is 6.92 Å². The number of rotatable bonds is 5. The predicted octanol–water partition coefficient (Wildman–Crippen LogP) is 4.55. The highest BCUT2D eigenvalue weighted by Crippen LogP contribution is 2.25. The van der Waals surface area contributed by atoms with E-state index >= 15 is 0 Å². The minimum absolute atomic E-state index is 0.00795. The van der Waals surface area contributed by atoms with E-state index in [4.69, 9.17) is 9.47 Å². The van der Waals surface area contributed by atoms with Crippen LogP contribution in [0.4, 0.5) is 0 Å². The molecule has 0 aliphatic heterocycles. The van der Waals surface area contributed by atoms with Crippen LogP contribution in [0.25, 0.3) is 16.9 Å². The number of Topliss-reactive ketones (excluding diaryl/α,β-unsaturated/α-hetero) is 1. The molecule has 4 aromatic rings. The number of ether oxygens (including phenoxy) is 2. The molecule has 6 nitrogen and oxygen atoms in total. The van der Waals surface area contributed by atoms with Gasteiger partial charge in [0, 0.05) is 16.7 Å². The fourth-order valence-corrected chi connectivity index (χ4v) is 3.16. The molecule has 1 aromatic heterocycles. The Hall–Kier alpha value is -4.37. The van der Waals surface area contributed by atoms with Gasteiger partial charge in [-0.2, -0.15) is 0 Å². The van der Waals surface area contributed by atoms with Crippen LogP contribution in [0, 0.1) is 11.8 Å². The molecule has 0 radical (unpaired) electrons. The molecule has 158 valence electrons. The topological polar surface area (TPSA) is 66.2 Å². The van der Waals surface area contributed by atoms with Crippen LogP contribution in [0.3, 0.4) is 0 Å². The second kappa shape index (κ2) is 9.19. The fraction of sp³-hybridized carbons (Fsp3) is 0.115. The molecule has 4 rings (SSSR count). The van der Waals surface area contributed by atoms with Crippen molar-refractivity contribution in [2.24, 2.45) is 0 Å². The Labute approximate surface area is 186 Å². The van der Waals surface area contributed by atoms with Crippen molar-refractivity contribution in [3.05, 3.63) is 89.6 Å². The second-order valence-corrected chi connectivity index (χ2v) is 7.01. The number of hydrogen-bond acceptors (Lipinski definition) is 5. The average molecular weight is 423 g/mol. The van der Waals surface area contributed by atoms with E-state index in [0.717, 1.165) is 28.3 Å². The summed E-state index contributed by atoms with van der Waals surface area (Å²) in [5, 5.41) is 8.75. The zero-order valence-corrected chi connectivity index (χ0v) is 18.0. The van der Waals surface area contributed by atoms with E-state index in [1.807, 2.05) is 60.7 Å². The van der Waals surface area contributed by atoms with Gasteiger partial charge in [-0.3, -0.25) is 4.79 Å². The number of nitrogens with zero attached hydrogens (tertiary/aromatic N) is 3. The maximum atomic E-state index is 11.6. The number of benzene rings is 3. The van der Waals surface area contributed by atoms with Crippen molar-refractivity contribution >= 4 is 5.78 Å². The molecule has 0 bridgehead atoms. The third-order valence-corrected chi connectivity index (χ3v) is 4.97. The van der Waals surface area contributed by atoms with Crippen LogP contribution in [-0.2, 0) is 0 Å². The van der Waals surface area contributed by atoms with Crippen molar-refractivity contribution in [3.8, 4) is 40.3 Å². The van der Waals surface area contributed by atoms with Crippen molar-refractivity contribution in [1.82, 2.24) is 15.0 Å². The highest BCUT2D eigenvalue weighted by molar-refractivity contribution is 5.94. The predicted molar refractivity (Wildman–Crippen MR) is 122 cm³/mol. The lowest BCUT2D eigenvalue weighted by atomic mass is 10.1. The van der Waals surface area contributed by atoms with Crippen molar-refractivity contribution in [1.29, 1.82) is 0 Å². The second-order valence-electron chi connectivity index (χ2n) is 7.01. The van der Waals surface area contributed by atoms with E-state index in [0.29, 0.717) is 17.0 Å². The van der Waals surface area contributed by atoms with Gasteiger partial charge in [0.05, 0.1) is 19.9 Å². The third kappa shape index (κ3) is 4.37. The minimum Gasteiger partial charge on any atom is -0.497 e. The van der Waals surface area contributed by atoms with E-state index in [-0.39, 0.29) is 5.78 Å². The standard InChI is InChI=1S/C26H21N3O3/c1-18(30)20-7-11-22(12-8-20)29-25(17-6-19-4-13-23(31-2)14-5-19)26(27-28-29)21-9-15-24(32-3)16-10-21/h4-5,7-16H,1-3H3. The molecule has 32 heavy (non-hydrogen) atoms. The summed E-state index contributed by atoms with van der Waals surface area (Å²) in [4.78, 5) is 11.6. The molecule has 0 amide bonds. The van der Waals surface area contributed by atoms with Gasteiger partial charge in [0.15, 0.2) is 5.78 Å². The van der Waals surface area contributed by atoms with Gasteiger partial charge in [0.2, 0.25) is 0 Å². The number of hydrogen-bond donors (Lipinski definition) is 0. The maximum Gasteiger partial charge on any atom is 0.159 e. The molecule has 0 aliphatic carbocycles. The first-order valence-electron chi connectivity index (χ1n) is 9.96. The molecule has 0 spiro atoms.